The number of allylic oxidation sites excluding steroid dienone is 1. The van der Waals surface area contributed by atoms with Gasteiger partial charge in [0.25, 0.3) is 5.56 Å². The second-order valence-corrected chi connectivity index (χ2v) is 13.1. The first-order chi connectivity index (χ1) is 21.2. The van der Waals surface area contributed by atoms with E-state index < -0.39 is 12.0 Å². The Labute approximate surface area is 285 Å². The van der Waals surface area contributed by atoms with Crippen molar-refractivity contribution in [3.63, 3.8) is 0 Å². The van der Waals surface area contributed by atoms with Crippen LogP contribution in [0.1, 0.15) is 49.1 Å². The molecule has 224 valence electrons. The van der Waals surface area contributed by atoms with Gasteiger partial charge in [0.15, 0.2) is 4.80 Å². The molecule has 0 radical (unpaired) electrons. The van der Waals surface area contributed by atoms with Gasteiger partial charge in [-0.05, 0) is 120 Å². The molecule has 11 heteroatoms. The molecule has 44 heavy (non-hydrogen) atoms. The summed E-state index contributed by atoms with van der Waals surface area (Å²) in [4.78, 5) is 32.5. The van der Waals surface area contributed by atoms with Gasteiger partial charge in [-0.15, -0.1) is 0 Å². The maximum atomic E-state index is 14.1. The smallest absolute Gasteiger partial charge is 0.338 e. The van der Waals surface area contributed by atoms with Crippen molar-refractivity contribution < 1.29 is 19.0 Å². The van der Waals surface area contributed by atoms with Crippen molar-refractivity contribution in [2.24, 2.45) is 4.99 Å². The van der Waals surface area contributed by atoms with Gasteiger partial charge >= 0.3 is 5.97 Å². The molecule has 0 saturated heterocycles. The minimum absolute atomic E-state index is 0.201. The van der Waals surface area contributed by atoms with Crippen LogP contribution in [0.4, 0.5) is 0 Å². The Hall–Kier alpha value is -3.48. The average Bonchev–Trinajstić information content (AvgIpc) is 3.30. The summed E-state index contributed by atoms with van der Waals surface area (Å²) < 4.78 is 21.2. The van der Waals surface area contributed by atoms with E-state index in [1.807, 2.05) is 61.5 Å². The van der Waals surface area contributed by atoms with E-state index in [1.54, 1.807) is 30.5 Å². The summed E-state index contributed by atoms with van der Waals surface area (Å²) >= 11 is 5.74. The number of nitrogens with zero attached hydrogens (tertiary/aromatic N) is 3. The fourth-order valence-corrected chi connectivity index (χ4v) is 7.91. The minimum atomic E-state index is -0.716. The van der Waals surface area contributed by atoms with Crippen LogP contribution in [0, 0.1) is 18.5 Å². The summed E-state index contributed by atoms with van der Waals surface area (Å²) in [6, 6.07) is 20.0. The van der Waals surface area contributed by atoms with Gasteiger partial charge in [-0.2, -0.15) is 5.26 Å². The van der Waals surface area contributed by atoms with E-state index in [9.17, 15) is 9.59 Å². The predicted octanol–water partition coefficient (Wildman–Crippen LogP) is 5.86. The molecule has 0 amide bonds. The highest BCUT2D eigenvalue weighted by atomic mass is 127. The van der Waals surface area contributed by atoms with Crippen molar-refractivity contribution in [3.05, 3.63) is 121 Å². The zero-order valence-corrected chi connectivity index (χ0v) is 29.2. The molecule has 3 aromatic carbocycles. The SMILES string of the molecule is CCOC(=O)C1=C(C)N=c2s/c(=C\c3cc(I)cc(I)c3OCc3ccc(C#N)cc3)c(=O)n2[C@@H]1c1ccc(OCC)cc1. The number of benzene rings is 3. The van der Waals surface area contributed by atoms with Crippen LogP contribution in [-0.2, 0) is 16.1 Å². The molecular formula is C33H27I2N3O5S. The number of aromatic nitrogens is 1. The lowest BCUT2D eigenvalue weighted by molar-refractivity contribution is -0.139. The molecule has 1 aliphatic rings. The van der Waals surface area contributed by atoms with Crippen molar-refractivity contribution in [3.8, 4) is 17.6 Å². The summed E-state index contributed by atoms with van der Waals surface area (Å²) in [6.07, 6.45) is 1.82. The molecule has 1 atom stereocenters. The number of carbonyl (C=O) groups is 1. The van der Waals surface area contributed by atoms with Gasteiger partial charge in [-0.3, -0.25) is 9.36 Å². The Morgan fingerprint density at radius 3 is 2.45 bits per heavy atom. The first-order valence-electron chi connectivity index (χ1n) is 13.8. The summed E-state index contributed by atoms with van der Waals surface area (Å²) in [7, 11) is 0. The van der Waals surface area contributed by atoms with E-state index >= 15 is 0 Å². The minimum Gasteiger partial charge on any atom is -0.494 e. The number of hydrogen-bond donors (Lipinski definition) is 0. The quantitative estimate of drug-likeness (QED) is 0.155. The second kappa shape index (κ2) is 14.1. The normalized spacial score (nSPS) is 14.5. The lowest BCUT2D eigenvalue weighted by atomic mass is 9.96. The second-order valence-electron chi connectivity index (χ2n) is 9.71. The molecule has 0 fully saturated rings. The van der Waals surface area contributed by atoms with Crippen LogP contribution < -0.4 is 24.4 Å². The molecule has 0 unspecified atom stereocenters. The Bertz CT molecular complexity index is 1970. The van der Waals surface area contributed by atoms with Crippen molar-refractivity contribution in [1.82, 2.24) is 4.57 Å². The molecule has 1 aliphatic heterocycles. The van der Waals surface area contributed by atoms with Gasteiger partial charge in [-0.1, -0.05) is 35.6 Å². The molecule has 8 nitrogen and oxygen atoms in total. The lowest BCUT2D eigenvalue weighted by Crippen LogP contribution is -2.39. The average molecular weight is 831 g/mol. The van der Waals surface area contributed by atoms with E-state index in [0.717, 1.165) is 23.8 Å². The number of hydrogen-bond acceptors (Lipinski definition) is 8. The van der Waals surface area contributed by atoms with Crippen molar-refractivity contribution in [2.45, 2.75) is 33.4 Å². The molecule has 4 aromatic rings. The zero-order valence-electron chi connectivity index (χ0n) is 24.1. The highest BCUT2D eigenvalue weighted by molar-refractivity contribution is 14.1. The largest absolute Gasteiger partial charge is 0.494 e. The molecule has 0 spiro atoms. The monoisotopic (exact) mass is 831 g/mol. The number of nitriles is 1. The van der Waals surface area contributed by atoms with Crippen LogP contribution in [0.2, 0.25) is 0 Å². The van der Waals surface area contributed by atoms with Gasteiger partial charge in [0.2, 0.25) is 0 Å². The Balaban J connectivity index is 1.61. The highest BCUT2D eigenvalue weighted by Gasteiger charge is 2.33. The number of esters is 1. The van der Waals surface area contributed by atoms with Crippen LogP contribution in [0.15, 0.2) is 81.7 Å². The van der Waals surface area contributed by atoms with Crippen LogP contribution in [-0.4, -0.2) is 23.8 Å². The molecule has 0 N–H and O–H groups in total. The van der Waals surface area contributed by atoms with Crippen molar-refractivity contribution in [1.29, 1.82) is 5.26 Å². The summed E-state index contributed by atoms with van der Waals surface area (Å²) in [5.74, 6) is 0.837. The predicted molar refractivity (Wildman–Crippen MR) is 185 cm³/mol. The number of ether oxygens (including phenoxy) is 3. The standard InChI is InChI=1S/C33H27I2N3O5S/c1-4-41-25-12-10-22(11-13-25)29-28(32(40)42-5-2)19(3)37-33-38(29)31(39)27(44-33)15-23-14-24(34)16-26(35)30(23)43-18-21-8-6-20(17-36)7-9-21/h6-16,29H,4-5,18H2,1-3H3/b27-15-/t29-/m1/s1. The van der Waals surface area contributed by atoms with Crippen molar-refractivity contribution >= 4 is 68.6 Å². The maximum absolute atomic E-state index is 14.1. The molecule has 0 saturated carbocycles. The van der Waals surface area contributed by atoms with E-state index in [1.165, 1.54) is 11.3 Å². The van der Waals surface area contributed by atoms with Crippen LogP contribution >= 0.6 is 56.5 Å². The summed E-state index contributed by atoms with van der Waals surface area (Å²) in [6.45, 7) is 6.45. The number of thiazole rings is 1. The van der Waals surface area contributed by atoms with Crippen LogP contribution in [0.25, 0.3) is 6.08 Å². The van der Waals surface area contributed by atoms with Crippen LogP contribution in [0.5, 0.6) is 11.5 Å². The van der Waals surface area contributed by atoms with E-state index in [0.29, 0.717) is 50.9 Å². The number of halogens is 2. The van der Waals surface area contributed by atoms with Crippen LogP contribution in [0.3, 0.4) is 0 Å². The zero-order chi connectivity index (χ0) is 31.4. The summed E-state index contributed by atoms with van der Waals surface area (Å²) in [5.41, 5.74) is 3.55. The summed E-state index contributed by atoms with van der Waals surface area (Å²) in [5, 5.41) is 9.10. The van der Waals surface area contributed by atoms with Gasteiger partial charge in [0.1, 0.15) is 18.1 Å². The molecule has 0 bridgehead atoms. The van der Waals surface area contributed by atoms with Gasteiger partial charge < -0.3 is 14.2 Å². The maximum Gasteiger partial charge on any atom is 0.338 e. The fourth-order valence-electron chi connectivity index (χ4n) is 4.83. The van der Waals surface area contributed by atoms with Gasteiger partial charge in [0.05, 0.1) is 50.3 Å². The molecular weight excluding hydrogens is 804 g/mol. The van der Waals surface area contributed by atoms with E-state index in [-0.39, 0.29) is 12.2 Å². The number of rotatable bonds is 9. The third kappa shape index (κ3) is 6.77. The molecule has 2 heterocycles. The highest BCUT2D eigenvalue weighted by Crippen LogP contribution is 2.32. The van der Waals surface area contributed by atoms with Gasteiger partial charge in [-0.25, -0.2) is 9.79 Å². The molecule has 1 aromatic heterocycles. The first kappa shape index (κ1) is 31.9. The van der Waals surface area contributed by atoms with Crippen molar-refractivity contribution in [2.75, 3.05) is 13.2 Å². The third-order valence-electron chi connectivity index (χ3n) is 6.81. The van der Waals surface area contributed by atoms with Gasteiger partial charge in [0, 0.05) is 9.13 Å². The number of carbonyl (C=O) groups excluding carboxylic acids is 1. The Kier molecular flexibility index (Phi) is 10.2. The lowest BCUT2D eigenvalue weighted by Gasteiger charge is -2.24. The van der Waals surface area contributed by atoms with E-state index in [2.05, 4.69) is 56.2 Å². The third-order valence-corrected chi connectivity index (χ3v) is 9.22. The van der Waals surface area contributed by atoms with E-state index in [4.69, 9.17) is 19.5 Å². The molecule has 0 aliphatic carbocycles. The Morgan fingerprint density at radius 2 is 1.80 bits per heavy atom. The fraction of sp³-hybridized carbons (Fsp3) is 0.212. The first-order valence-corrected chi connectivity index (χ1v) is 16.7. The Morgan fingerprint density at radius 1 is 1.07 bits per heavy atom. The number of fused-ring (bicyclic) bond motifs is 1. The topological polar surface area (TPSA) is 103 Å². The molecule has 5 rings (SSSR count).